The van der Waals surface area contributed by atoms with Crippen molar-refractivity contribution in [3.63, 3.8) is 0 Å². The van der Waals surface area contributed by atoms with Crippen molar-refractivity contribution in [2.24, 2.45) is 5.92 Å². The Morgan fingerprint density at radius 2 is 1.86 bits per heavy atom. The number of carbonyl (C=O) groups is 2. The Bertz CT molecular complexity index is 537. The van der Waals surface area contributed by atoms with Crippen LogP contribution in [0.1, 0.15) is 54.6 Å². The molecule has 2 rings (SSSR count). The minimum atomic E-state index is -0.977. The lowest BCUT2D eigenvalue weighted by atomic mass is 9.90. The number of aliphatic carboxylic acids is 1. The summed E-state index contributed by atoms with van der Waals surface area (Å²) >= 11 is 0. The van der Waals surface area contributed by atoms with Crippen molar-refractivity contribution in [3.05, 3.63) is 34.9 Å². The van der Waals surface area contributed by atoms with Crippen molar-refractivity contribution < 1.29 is 14.7 Å². The molecule has 0 spiro atoms. The van der Waals surface area contributed by atoms with Gasteiger partial charge in [-0.05, 0) is 61.3 Å². The lowest BCUT2D eigenvalue weighted by molar-refractivity contribution is -0.139. The molecule has 0 bridgehead atoms. The van der Waals surface area contributed by atoms with Gasteiger partial charge < -0.3 is 10.4 Å². The number of nitrogens with one attached hydrogen (secondary N) is 1. The normalized spacial score (nSPS) is 15.4. The third-order valence-corrected chi connectivity index (χ3v) is 3.92. The number of aryl methyl sites for hydroxylation is 2. The number of hydrogen-bond donors (Lipinski definition) is 2. The summed E-state index contributed by atoms with van der Waals surface area (Å²) in [6.45, 7) is 3.89. The highest BCUT2D eigenvalue weighted by Crippen LogP contribution is 2.22. The maximum atomic E-state index is 12.3. The number of carbonyl (C=O) groups excluding carboxylic acids is 1. The predicted octanol–water partition coefficient (Wildman–Crippen LogP) is 2.79. The van der Waals surface area contributed by atoms with Crippen LogP contribution in [-0.4, -0.2) is 23.0 Å². The van der Waals surface area contributed by atoms with Gasteiger partial charge in [-0.1, -0.05) is 19.9 Å². The Balaban J connectivity index is 2.10. The lowest BCUT2D eigenvalue weighted by Crippen LogP contribution is -2.41. The molecule has 1 aliphatic carbocycles. The van der Waals surface area contributed by atoms with Gasteiger partial charge in [-0.15, -0.1) is 0 Å². The van der Waals surface area contributed by atoms with E-state index in [1.807, 2.05) is 26.0 Å². The number of amides is 1. The molecule has 2 N–H and O–H groups in total. The third-order valence-electron chi connectivity index (χ3n) is 3.92. The highest BCUT2D eigenvalue weighted by molar-refractivity contribution is 5.96. The van der Waals surface area contributed by atoms with Crippen LogP contribution in [-0.2, 0) is 17.6 Å². The van der Waals surface area contributed by atoms with Gasteiger partial charge in [0.1, 0.15) is 6.04 Å². The highest BCUT2D eigenvalue weighted by atomic mass is 16.4. The van der Waals surface area contributed by atoms with Crippen LogP contribution in [0.25, 0.3) is 0 Å². The van der Waals surface area contributed by atoms with Gasteiger partial charge in [0.15, 0.2) is 0 Å². The molecule has 0 unspecified atom stereocenters. The van der Waals surface area contributed by atoms with E-state index in [2.05, 4.69) is 5.32 Å². The molecule has 1 aliphatic rings. The topological polar surface area (TPSA) is 66.4 Å². The maximum Gasteiger partial charge on any atom is 0.326 e. The minimum absolute atomic E-state index is 0.218. The summed E-state index contributed by atoms with van der Waals surface area (Å²) in [5.74, 6) is -1.05. The minimum Gasteiger partial charge on any atom is -0.480 e. The van der Waals surface area contributed by atoms with Crippen molar-refractivity contribution >= 4 is 11.9 Å². The molecule has 0 saturated carbocycles. The average molecular weight is 289 g/mol. The number of carboxylic acid groups (broad SMARTS) is 1. The quantitative estimate of drug-likeness (QED) is 0.876. The molecule has 21 heavy (non-hydrogen) atoms. The second kappa shape index (κ2) is 6.74. The number of benzene rings is 1. The zero-order valence-corrected chi connectivity index (χ0v) is 12.7. The van der Waals surface area contributed by atoms with Crippen LogP contribution < -0.4 is 5.32 Å². The van der Waals surface area contributed by atoms with E-state index in [9.17, 15) is 14.7 Å². The number of rotatable bonds is 5. The molecule has 0 aliphatic heterocycles. The van der Waals surface area contributed by atoms with Crippen molar-refractivity contribution in [1.29, 1.82) is 0 Å². The van der Waals surface area contributed by atoms with Gasteiger partial charge in [-0.3, -0.25) is 4.79 Å². The molecule has 1 aromatic rings. The summed E-state index contributed by atoms with van der Waals surface area (Å²) < 4.78 is 0. The van der Waals surface area contributed by atoms with Crippen LogP contribution in [0.3, 0.4) is 0 Å². The van der Waals surface area contributed by atoms with Gasteiger partial charge >= 0.3 is 5.97 Å². The number of fused-ring (bicyclic) bond motifs is 1. The molecule has 4 nitrogen and oxygen atoms in total. The first-order valence-electron chi connectivity index (χ1n) is 7.63. The summed E-state index contributed by atoms with van der Waals surface area (Å²) in [6.07, 6.45) is 4.87. The summed E-state index contributed by atoms with van der Waals surface area (Å²) in [6, 6.07) is 4.89. The van der Waals surface area contributed by atoms with Crippen molar-refractivity contribution in [1.82, 2.24) is 5.32 Å². The van der Waals surface area contributed by atoms with Crippen LogP contribution in [0.2, 0.25) is 0 Å². The van der Waals surface area contributed by atoms with Crippen molar-refractivity contribution in [3.8, 4) is 0 Å². The second-order valence-electron chi connectivity index (χ2n) is 6.18. The second-order valence-corrected chi connectivity index (χ2v) is 6.18. The fourth-order valence-electron chi connectivity index (χ4n) is 2.81. The number of carboxylic acids is 1. The summed E-state index contributed by atoms with van der Waals surface area (Å²) in [5, 5.41) is 11.8. The average Bonchev–Trinajstić information content (AvgIpc) is 2.45. The molecular weight excluding hydrogens is 266 g/mol. The van der Waals surface area contributed by atoms with E-state index >= 15 is 0 Å². The van der Waals surface area contributed by atoms with Crippen LogP contribution >= 0.6 is 0 Å². The van der Waals surface area contributed by atoms with E-state index in [4.69, 9.17) is 0 Å². The van der Waals surface area contributed by atoms with E-state index < -0.39 is 12.0 Å². The highest BCUT2D eigenvalue weighted by Gasteiger charge is 2.22. The molecule has 0 radical (unpaired) electrons. The first kappa shape index (κ1) is 15.5. The van der Waals surface area contributed by atoms with Crippen LogP contribution in [0.4, 0.5) is 0 Å². The summed E-state index contributed by atoms with van der Waals surface area (Å²) in [5.41, 5.74) is 3.10. The van der Waals surface area contributed by atoms with Gasteiger partial charge in [-0.25, -0.2) is 4.79 Å². The van der Waals surface area contributed by atoms with Gasteiger partial charge in [0, 0.05) is 5.56 Å². The predicted molar refractivity (Wildman–Crippen MR) is 81.4 cm³/mol. The zero-order chi connectivity index (χ0) is 15.4. The van der Waals surface area contributed by atoms with Crippen LogP contribution in [0.5, 0.6) is 0 Å². The SMILES string of the molecule is CC(C)C[C@H](NC(=O)c1ccc2c(c1)CCCC2)C(=O)O. The van der Waals surface area contributed by atoms with E-state index in [1.54, 1.807) is 6.07 Å². The Morgan fingerprint density at radius 1 is 1.19 bits per heavy atom. The van der Waals surface area contributed by atoms with Gasteiger partial charge in [0.25, 0.3) is 5.91 Å². The van der Waals surface area contributed by atoms with E-state index in [0.29, 0.717) is 12.0 Å². The van der Waals surface area contributed by atoms with Gasteiger partial charge in [0.2, 0.25) is 0 Å². The first-order chi connectivity index (χ1) is 9.97. The molecule has 0 heterocycles. The standard InChI is InChI=1S/C17H23NO3/c1-11(2)9-15(17(20)21)18-16(19)14-8-7-12-5-3-4-6-13(12)10-14/h7-8,10-11,15H,3-6,9H2,1-2H3,(H,18,19)(H,20,21)/t15-/m0/s1. The Morgan fingerprint density at radius 3 is 2.48 bits per heavy atom. The Labute approximate surface area is 125 Å². The van der Waals surface area contributed by atoms with Crippen LogP contribution in [0, 0.1) is 5.92 Å². The smallest absolute Gasteiger partial charge is 0.326 e. The molecule has 0 fully saturated rings. The molecule has 0 aromatic heterocycles. The molecule has 0 saturated heterocycles. The first-order valence-corrected chi connectivity index (χ1v) is 7.63. The third kappa shape index (κ3) is 4.06. The van der Waals surface area contributed by atoms with Crippen LogP contribution in [0.15, 0.2) is 18.2 Å². The maximum absolute atomic E-state index is 12.3. The lowest BCUT2D eigenvalue weighted by Gasteiger charge is -2.19. The Kier molecular flexibility index (Phi) is 4.99. The molecule has 1 amide bonds. The van der Waals surface area contributed by atoms with Crippen molar-refractivity contribution in [2.45, 2.75) is 52.0 Å². The molecule has 114 valence electrons. The monoisotopic (exact) mass is 289 g/mol. The largest absolute Gasteiger partial charge is 0.480 e. The fourth-order valence-corrected chi connectivity index (χ4v) is 2.81. The summed E-state index contributed by atoms with van der Waals surface area (Å²) in [4.78, 5) is 23.5. The number of hydrogen-bond acceptors (Lipinski definition) is 2. The van der Waals surface area contributed by atoms with E-state index in [0.717, 1.165) is 19.3 Å². The summed E-state index contributed by atoms with van der Waals surface area (Å²) in [7, 11) is 0. The fraction of sp³-hybridized carbons (Fsp3) is 0.529. The van der Waals surface area contributed by atoms with Gasteiger partial charge in [-0.2, -0.15) is 0 Å². The van der Waals surface area contributed by atoms with E-state index in [1.165, 1.54) is 17.5 Å². The van der Waals surface area contributed by atoms with Crippen molar-refractivity contribution in [2.75, 3.05) is 0 Å². The Hall–Kier alpha value is -1.84. The zero-order valence-electron chi connectivity index (χ0n) is 12.7. The molecule has 1 aromatic carbocycles. The van der Waals surface area contributed by atoms with E-state index in [-0.39, 0.29) is 11.8 Å². The molecule has 1 atom stereocenters. The molecular formula is C17H23NO3. The van der Waals surface area contributed by atoms with Gasteiger partial charge in [0.05, 0.1) is 0 Å². The molecule has 4 heteroatoms.